The summed E-state index contributed by atoms with van der Waals surface area (Å²) in [6.07, 6.45) is 0. The van der Waals surface area contributed by atoms with Gasteiger partial charge in [-0.25, -0.2) is 4.79 Å². The van der Waals surface area contributed by atoms with Gasteiger partial charge in [0.2, 0.25) is 5.13 Å². The number of nitrogens with one attached hydrogen (secondary N) is 2. The first-order chi connectivity index (χ1) is 12.9. The van der Waals surface area contributed by atoms with E-state index < -0.39 is 5.97 Å². The van der Waals surface area contributed by atoms with Crippen LogP contribution in [0.15, 0.2) is 4.34 Å². The van der Waals surface area contributed by atoms with Gasteiger partial charge in [0.1, 0.15) is 0 Å². The largest absolute Gasteiger partial charge is 0.462 e. The lowest BCUT2D eigenvalue weighted by atomic mass is 10.1. The van der Waals surface area contributed by atoms with Crippen molar-refractivity contribution >= 4 is 40.0 Å². The van der Waals surface area contributed by atoms with Crippen LogP contribution in [0.25, 0.3) is 0 Å². The zero-order valence-corrected chi connectivity index (χ0v) is 17.7. The topological polar surface area (TPSA) is 106 Å². The first kappa shape index (κ1) is 21.4. The summed E-state index contributed by atoms with van der Waals surface area (Å²) in [5, 5.41) is 11.6. The minimum atomic E-state index is -0.418. The highest BCUT2D eigenvalue weighted by molar-refractivity contribution is 8.02. The van der Waals surface area contributed by atoms with E-state index in [-0.39, 0.29) is 17.6 Å². The Balaban J connectivity index is 2.07. The summed E-state index contributed by atoms with van der Waals surface area (Å²) in [4.78, 5) is 28.0. The average Bonchev–Trinajstić information content (AvgIpc) is 3.18. The molecule has 2 N–H and O–H groups in total. The van der Waals surface area contributed by atoms with Gasteiger partial charge in [0.05, 0.1) is 29.7 Å². The fraction of sp³-hybridized carbons (Fsp3) is 0.529. The quantitative estimate of drug-likeness (QED) is 0.265. The number of nitrogens with zero attached hydrogens (tertiary/aromatic N) is 2. The molecule has 27 heavy (non-hydrogen) atoms. The van der Waals surface area contributed by atoms with Crippen molar-refractivity contribution in [1.29, 1.82) is 0 Å². The van der Waals surface area contributed by atoms with Gasteiger partial charge in [-0.1, -0.05) is 23.1 Å². The number of Topliss-reactive ketones (excluding diaryl/α,β-unsaturated/α-hetero) is 1. The highest BCUT2D eigenvalue weighted by Crippen LogP contribution is 2.31. The first-order valence-electron chi connectivity index (χ1n) is 8.52. The number of hydrogen-bond donors (Lipinski definition) is 2. The number of H-pyrrole nitrogens is 1. The molecular formula is C17H24N4O4S2. The van der Waals surface area contributed by atoms with Gasteiger partial charge in [-0.15, -0.1) is 10.2 Å². The van der Waals surface area contributed by atoms with Gasteiger partial charge in [0, 0.05) is 19.3 Å². The van der Waals surface area contributed by atoms with E-state index in [9.17, 15) is 9.59 Å². The van der Waals surface area contributed by atoms with Gasteiger partial charge in [0.15, 0.2) is 10.1 Å². The molecule has 2 heterocycles. The fourth-order valence-electron chi connectivity index (χ4n) is 2.50. The van der Waals surface area contributed by atoms with Gasteiger partial charge in [-0.2, -0.15) is 0 Å². The number of aryl methyl sites for hydroxylation is 1. The molecule has 2 aromatic rings. The maximum Gasteiger partial charge on any atom is 0.340 e. The van der Waals surface area contributed by atoms with Crippen molar-refractivity contribution in [3.8, 4) is 0 Å². The molecule has 0 aromatic carbocycles. The predicted molar refractivity (Wildman–Crippen MR) is 106 cm³/mol. The number of carbonyl (C=O) groups is 2. The summed E-state index contributed by atoms with van der Waals surface area (Å²) >= 11 is 2.72. The van der Waals surface area contributed by atoms with Crippen molar-refractivity contribution in [3.63, 3.8) is 0 Å². The van der Waals surface area contributed by atoms with E-state index in [0.29, 0.717) is 45.1 Å². The summed E-state index contributed by atoms with van der Waals surface area (Å²) in [5.41, 5.74) is 2.10. The second-order valence-corrected chi connectivity index (χ2v) is 8.33. The Bertz CT molecular complexity index is 803. The molecule has 0 aliphatic heterocycles. The van der Waals surface area contributed by atoms with Gasteiger partial charge >= 0.3 is 5.97 Å². The molecule has 0 amide bonds. The number of esters is 1. The van der Waals surface area contributed by atoms with Crippen LogP contribution in [0, 0.1) is 13.8 Å². The third-order valence-corrected chi connectivity index (χ3v) is 5.86. The number of carbonyl (C=O) groups excluding carboxylic acids is 2. The lowest BCUT2D eigenvalue weighted by molar-refractivity contribution is 0.0525. The lowest BCUT2D eigenvalue weighted by Gasteiger charge is -2.08. The zero-order chi connectivity index (χ0) is 20.0. The molecule has 0 bridgehead atoms. The Hall–Kier alpha value is -1.91. The van der Waals surface area contributed by atoms with Crippen LogP contribution in [0.3, 0.4) is 0 Å². The van der Waals surface area contributed by atoms with Crippen LogP contribution in [-0.2, 0) is 9.47 Å². The van der Waals surface area contributed by atoms with Crippen molar-refractivity contribution in [1.82, 2.24) is 15.2 Å². The predicted octanol–water partition coefficient (Wildman–Crippen LogP) is 3.08. The molecule has 0 aliphatic rings. The number of hydrogen-bond acceptors (Lipinski definition) is 9. The van der Waals surface area contributed by atoms with Crippen molar-refractivity contribution in [2.75, 3.05) is 32.2 Å². The number of rotatable bonds is 10. The van der Waals surface area contributed by atoms with Crippen molar-refractivity contribution in [3.05, 3.63) is 22.5 Å². The van der Waals surface area contributed by atoms with Crippen LogP contribution >= 0.6 is 23.1 Å². The highest BCUT2D eigenvalue weighted by Gasteiger charge is 2.26. The number of aromatic nitrogens is 3. The summed E-state index contributed by atoms with van der Waals surface area (Å²) in [6, 6.07) is 0. The number of methoxy groups -OCH3 is 1. The normalized spacial score (nSPS) is 12.0. The van der Waals surface area contributed by atoms with E-state index in [1.165, 1.54) is 23.1 Å². The summed E-state index contributed by atoms with van der Waals surface area (Å²) < 4.78 is 10.7. The standard InChI is InChI=1S/C17H24N4O4S2/c1-6-25-15(23)12-9(2)13(19-10(12)3)14(22)11(4)26-17-21-20-16(27-17)18-7-8-24-5/h11,19H,6-8H2,1-5H3,(H,18,20)/t11-/m1/s1. The lowest BCUT2D eigenvalue weighted by Crippen LogP contribution is -2.15. The number of thioether (sulfide) groups is 1. The van der Waals surface area contributed by atoms with Crippen LogP contribution in [0.2, 0.25) is 0 Å². The number of ketones is 1. The molecule has 8 nitrogen and oxygen atoms in total. The Morgan fingerprint density at radius 2 is 2.07 bits per heavy atom. The Labute approximate surface area is 166 Å². The van der Waals surface area contributed by atoms with E-state index in [1.54, 1.807) is 27.9 Å². The molecule has 0 unspecified atom stereocenters. The van der Waals surface area contributed by atoms with Gasteiger partial charge in [-0.3, -0.25) is 4.79 Å². The van der Waals surface area contributed by atoms with E-state index in [2.05, 4.69) is 20.5 Å². The Kier molecular flexibility index (Phi) is 7.81. The Morgan fingerprint density at radius 3 is 2.74 bits per heavy atom. The van der Waals surface area contributed by atoms with Gasteiger partial charge < -0.3 is 19.8 Å². The van der Waals surface area contributed by atoms with Crippen LogP contribution in [0.1, 0.15) is 46.0 Å². The molecule has 2 aromatic heterocycles. The molecule has 0 radical (unpaired) electrons. The highest BCUT2D eigenvalue weighted by atomic mass is 32.2. The minimum absolute atomic E-state index is 0.0970. The SMILES string of the molecule is CCOC(=O)c1c(C)[nH]c(C(=O)[C@@H](C)Sc2nnc(NCCOC)s2)c1C. The summed E-state index contributed by atoms with van der Waals surface area (Å²) in [7, 11) is 1.63. The van der Waals surface area contributed by atoms with E-state index in [1.807, 2.05) is 6.92 Å². The minimum Gasteiger partial charge on any atom is -0.462 e. The molecule has 2 rings (SSSR count). The molecule has 0 aliphatic carbocycles. The number of anilines is 1. The van der Waals surface area contributed by atoms with Crippen LogP contribution in [0.5, 0.6) is 0 Å². The van der Waals surface area contributed by atoms with Crippen LogP contribution in [-0.4, -0.2) is 59.1 Å². The summed E-state index contributed by atoms with van der Waals surface area (Å²) in [6.45, 7) is 8.58. The fourth-order valence-corrected chi connectivity index (χ4v) is 4.48. The number of aromatic amines is 1. The molecule has 0 spiro atoms. The molecule has 0 fully saturated rings. The molecule has 10 heteroatoms. The van der Waals surface area contributed by atoms with E-state index in [0.717, 1.165) is 0 Å². The van der Waals surface area contributed by atoms with Gasteiger partial charge in [-0.05, 0) is 33.3 Å². The third-order valence-electron chi connectivity index (χ3n) is 3.80. The van der Waals surface area contributed by atoms with Crippen LogP contribution < -0.4 is 5.32 Å². The zero-order valence-electron chi connectivity index (χ0n) is 16.0. The summed E-state index contributed by atoms with van der Waals surface area (Å²) in [5.74, 6) is -0.515. The maximum atomic E-state index is 12.9. The molecular weight excluding hydrogens is 388 g/mol. The van der Waals surface area contributed by atoms with Crippen molar-refractivity contribution in [2.45, 2.75) is 37.3 Å². The van der Waals surface area contributed by atoms with Crippen molar-refractivity contribution < 1.29 is 19.1 Å². The van der Waals surface area contributed by atoms with E-state index >= 15 is 0 Å². The van der Waals surface area contributed by atoms with Crippen molar-refractivity contribution in [2.24, 2.45) is 0 Å². The first-order valence-corrected chi connectivity index (χ1v) is 10.2. The van der Waals surface area contributed by atoms with Gasteiger partial charge in [0.25, 0.3) is 0 Å². The molecule has 0 saturated carbocycles. The third kappa shape index (κ3) is 5.30. The maximum absolute atomic E-state index is 12.9. The van der Waals surface area contributed by atoms with Crippen LogP contribution in [0.4, 0.5) is 5.13 Å². The second-order valence-electron chi connectivity index (χ2n) is 5.76. The molecule has 148 valence electrons. The Morgan fingerprint density at radius 1 is 1.33 bits per heavy atom. The smallest absolute Gasteiger partial charge is 0.340 e. The second kappa shape index (κ2) is 9.86. The number of ether oxygens (including phenoxy) is 2. The monoisotopic (exact) mass is 412 g/mol. The molecule has 1 atom stereocenters. The van der Waals surface area contributed by atoms with E-state index in [4.69, 9.17) is 9.47 Å². The molecule has 0 saturated heterocycles. The average molecular weight is 413 g/mol.